The number of amides is 1. The highest BCUT2D eigenvalue weighted by Gasteiger charge is 2.18. The van der Waals surface area contributed by atoms with Crippen molar-refractivity contribution in [3.05, 3.63) is 71.6 Å². The molecule has 0 aliphatic rings. The molecule has 0 aliphatic heterocycles. The Hall–Kier alpha value is -3.32. The number of carbonyl (C=O) groups excluding carboxylic acids is 1. The topological polar surface area (TPSA) is 93.8 Å². The molecule has 0 saturated heterocycles. The molecule has 1 heterocycles. The van der Waals surface area contributed by atoms with E-state index in [-0.39, 0.29) is 6.04 Å². The molecule has 1 aromatic heterocycles. The fraction of sp³-hybridized carbons (Fsp3) is 0.429. The molecule has 2 atom stereocenters. The Morgan fingerprint density at radius 2 is 1.77 bits per heavy atom. The molecular weight excluding hydrogens is 444 g/mol. The van der Waals surface area contributed by atoms with Crippen LogP contribution in [0.4, 0.5) is 4.79 Å². The van der Waals surface area contributed by atoms with Crippen molar-refractivity contribution in [1.82, 2.24) is 10.3 Å². The Balaban J connectivity index is 1.43. The highest BCUT2D eigenvalue weighted by Crippen LogP contribution is 2.24. The molecule has 7 nitrogen and oxygen atoms in total. The van der Waals surface area contributed by atoms with E-state index in [0.717, 1.165) is 28.3 Å². The first kappa shape index (κ1) is 26.3. The fourth-order valence-corrected chi connectivity index (χ4v) is 3.57. The molecule has 3 rings (SSSR count). The van der Waals surface area contributed by atoms with Gasteiger partial charge in [0.15, 0.2) is 0 Å². The molecule has 3 aromatic rings. The SMILES string of the molecule is Cc1oc(-c2ccccc2)nc1CCOc1ccc([C@@H](O)CC[C@H](C)NC(=O)OC(C)(C)C)cc1. The average molecular weight is 481 g/mol. The molecule has 188 valence electrons. The van der Waals surface area contributed by atoms with Crippen LogP contribution in [0, 0.1) is 6.92 Å². The second-order valence-corrected chi connectivity index (χ2v) is 9.70. The summed E-state index contributed by atoms with van der Waals surface area (Å²) in [4.78, 5) is 16.5. The first-order valence-corrected chi connectivity index (χ1v) is 12.0. The van der Waals surface area contributed by atoms with Crippen LogP contribution in [0.1, 0.15) is 63.7 Å². The van der Waals surface area contributed by atoms with Gasteiger partial charge in [0.1, 0.15) is 17.1 Å². The summed E-state index contributed by atoms with van der Waals surface area (Å²) < 4.78 is 16.9. The van der Waals surface area contributed by atoms with Crippen LogP contribution >= 0.6 is 0 Å². The molecule has 2 N–H and O–H groups in total. The molecule has 0 saturated carbocycles. The number of ether oxygens (including phenoxy) is 2. The Kier molecular flexibility index (Phi) is 8.93. The van der Waals surface area contributed by atoms with Gasteiger partial charge in [-0.3, -0.25) is 0 Å². The lowest BCUT2D eigenvalue weighted by atomic mass is 10.0. The molecule has 35 heavy (non-hydrogen) atoms. The first-order chi connectivity index (χ1) is 16.6. The lowest BCUT2D eigenvalue weighted by molar-refractivity contribution is 0.0500. The Morgan fingerprint density at radius 1 is 1.09 bits per heavy atom. The third-order valence-electron chi connectivity index (χ3n) is 5.42. The molecule has 1 amide bonds. The van der Waals surface area contributed by atoms with Gasteiger partial charge in [-0.2, -0.15) is 0 Å². The number of nitrogens with one attached hydrogen (secondary N) is 1. The van der Waals surface area contributed by atoms with Crippen LogP contribution in [-0.4, -0.2) is 34.4 Å². The molecule has 7 heteroatoms. The Labute approximate surface area is 207 Å². The number of aliphatic hydroxyl groups excluding tert-OH is 1. The van der Waals surface area contributed by atoms with Crippen LogP contribution in [0.15, 0.2) is 59.0 Å². The van der Waals surface area contributed by atoms with Crippen LogP contribution in [0.5, 0.6) is 5.75 Å². The van der Waals surface area contributed by atoms with Crippen molar-refractivity contribution in [3.8, 4) is 17.2 Å². The van der Waals surface area contributed by atoms with E-state index >= 15 is 0 Å². The van der Waals surface area contributed by atoms with Crippen molar-refractivity contribution in [2.75, 3.05) is 6.61 Å². The second-order valence-electron chi connectivity index (χ2n) is 9.70. The van der Waals surface area contributed by atoms with Crippen LogP contribution in [-0.2, 0) is 11.2 Å². The van der Waals surface area contributed by atoms with Crippen LogP contribution < -0.4 is 10.1 Å². The number of alkyl carbamates (subject to hydrolysis) is 1. The molecule has 0 spiro atoms. The number of aliphatic hydroxyl groups is 1. The summed E-state index contributed by atoms with van der Waals surface area (Å²) in [5, 5.41) is 13.3. The van der Waals surface area contributed by atoms with E-state index in [0.29, 0.717) is 31.8 Å². The monoisotopic (exact) mass is 480 g/mol. The standard InChI is InChI=1S/C28H36N2O5/c1-19(29-27(32)35-28(3,4)5)11-16-25(31)21-12-14-23(15-13-21)33-18-17-24-20(2)34-26(30-24)22-9-7-6-8-10-22/h6-10,12-15,19,25,31H,11,16-18H2,1-5H3,(H,29,32)/t19-,25-/m0/s1. The molecule has 0 bridgehead atoms. The van der Waals surface area contributed by atoms with Crippen LogP contribution in [0.2, 0.25) is 0 Å². The van der Waals surface area contributed by atoms with E-state index in [1.54, 1.807) is 0 Å². The van der Waals surface area contributed by atoms with Crippen molar-refractivity contribution in [1.29, 1.82) is 0 Å². The summed E-state index contributed by atoms with van der Waals surface area (Å²) in [6, 6.07) is 17.1. The predicted octanol–water partition coefficient (Wildman–Crippen LogP) is 6.00. The van der Waals surface area contributed by atoms with Gasteiger partial charge >= 0.3 is 6.09 Å². The van der Waals surface area contributed by atoms with Gasteiger partial charge in [-0.25, -0.2) is 9.78 Å². The smallest absolute Gasteiger partial charge is 0.407 e. The zero-order chi connectivity index (χ0) is 25.4. The van der Waals surface area contributed by atoms with Crippen molar-refractivity contribution in [2.24, 2.45) is 0 Å². The minimum absolute atomic E-state index is 0.107. The molecule has 0 radical (unpaired) electrons. The predicted molar refractivity (Wildman–Crippen MR) is 135 cm³/mol. The maximum Gasteiger partial charge on any atom is 0.407 e. The van der Waals surface area contributed by atoms with Crippen molar-refractivity contribution >= 4 is 6.09 Å². The first-order valence-electron chi connectivity index (χ1n) is 12.0. The molecular formula is C28H36N2O5. The van der Waals surface area contributed by atoms with E-state index in [2.05, 4.69) is 10.3 Å². The lowest BCUT2D eigenvalue weighted by Crippen LogP contribution is -2.37. The number of hydrogen-bond donors (Lipinski definition) is 2. The van der Waals surface area contributed by atoms with Gasteiger partial charge in [-0.1, -0.05) is 30.3 Å². The molecule has 0 unspecified atom stereocenters. The Morgan fingerprint density at radius 3 is 2.43 bits per heavy atom. The quantitative estimate of drug-likeness (QED) is 0.370. The number of rotatable bonds is 10. The minimum Gasteiger partial charge on any atom is -0.493 e. The zero-order valence-corrected chi connectivity index (χ0v) is 21.2. The van der Waals surface area contributed by atoms with Gasteiger partial charge in [0.05, 0.1) is 18.4 Å². The van der Waals surface area contributed by atoms with Crippen molar-refractivity contribution < 1.29 is 23.8 Å². The third-order valence-corrected chi connectivity index (χ3v) is 5.42. The van der Waals surface area contributed by atoms with Gasteiger partial charge in [0.2, 0.25) is 5.89 Å². The number of aromatic nitrogens is 1. The van der Waals surface area contributed by atoms with Crippen LogP contribution in [0.25, 0.3) is 11.5 Å². The normalized spacial score (nSPS) is 13.2. The largest absolute Gasteiger partial charge is 0.493 e. The summed E-state index contributed by atoms with van der Waals surface area (Å²) in [5.41, 5.74) is 2.10. The lowest BCUT2D eigenvalue weighted by Gasteiger charge is -2.22. The van der Waals surface area contributed by atoms with Gasteiger partial charge in [0, 0.05) is 18.0 Å². The number of benzene rings is 2. The van der Waals surface area contributed by atoms with Gasteiger partial charge in [-0.05, 0) is 77.3 Å². The van der Waals surface area contributed by atoms with E-state index in [4.69, 9.17) is 13.9 Å². The fourth-order valence-electron chi connectivity index (χ4n) is 3.57. The number of hydrogen-bond acceptors (Lipinski definition) is 6. The van der Waals surface area contributed by atoms with Crippen molar-refractivity contribution in [2.45, 2.75) is 71.6 Å². The van der Waals surface area contributed by atoms with Crippen LogP contribution in [0.3, 0.4) is 0 Å². The van der Waals surface area contributed by atoms with Gasteiger partial charge < -0.3 is 24.3 Å². The van der Waals surface area contributed by atoms with Gasteiger partial charge in [-0.15, -0.1) is 0 Å². The third kappa shape index (κ3) is 8.44. The van der Waals surface area contributed by atoms with E-state index in [9.17, 15) is 9.90 Å². The second kappa shape index (κ2) is 11.9. The highest BCUT2D eigenvalue weighted by molar-refractivity contribution is 5.68. The number of carbonyl (C=O) groups is 1. The number of nitrogens with zero attached hydrogens (tertiary/aromatic N) is 1. The number of oxazole rings is 1. The maximum absolute atomic E-state index is 11.9. The number of aryl methyl sites for hydroxylation is 1. The summed E-state index contributed by atoms with van der Waals surface area (Å²) >= 11 is 0. The minimum atomic E-state index is -0.624. The summed E-state index contributed by atoms with van der Waals surface area (Å²) in [7, 11) is 0. The van der Waals surface area contributed by atoms with E-state index in [1.165, 1.54) is 0 Å². The van der Waals surface area contributed by atoms with Crippen molar-refractivity contribution in [3.63, 3.8) is 0 Å². The molecule has 0 fully saturated rings. The summed E-state index contributed by atoms with van der Waals surface area (Å²) in [6.07, 6.45) is 0.710. The molecule has 0 aliphatic carbocycles. The molecule has 2 aromatic carbocycles. The van der Waals surface area contributed by atoms with Gasteiger partial charge in [0.25, 0.3) is 0 Å². The van der Waals surface area contributed by atoms with E-state index < -0.39 is 17.8 Å². The Bertz CT molecular complexity index is 1070. The summed E-state index contributed by atoms with van der Waals surface area (Å²) in [6.45, 7) is 9.75. The summed E-state index contributed by atoms with van der Waals surface area (Å²) in [5.74, 6) is 2.14. The zero-order valence-electron chi connectivity index (χ0n) is 21.2. The average Bonchev–Trinajstić information content (AvgIpc) is 3.17. The highest BCUT2D eigenvalue weighted by atomic mass is 16.6. The maximum atomic E-state index is 11.9. The van der Waals surface area contributed by atoms with E-state index in [1.807, 2.05) is 89.2 Å².